The van der Waals surface area contributed by atoms with Gasteiger partial charge in [0.05, 0.1) is 17.0 Å². The molecule has 1 aliphatic rings. The van der Waals surface area contributed by atoms with Crippen LogP contribution in [0.25, 0.3) is 66.9 Å². The Balaban J connectivity index is 0.00000312. The van der Waals surface area contributed by atoms with Crippen molar-refractivity contribution in [3.8, 4) is 56.0 Å². The van der Waals surface area contributed by atoms with E-state index in [1.807, 2.05) is 18.2 Å². The molecule has 0 aliphatic heterocycles. The fourth-order valence-corrected chi connectivity index (χ4v) is 6.60. The molecule has 8 rings (SSSR count). The van der Waals surface area contributed by atoms with Crippen LogP contribution < -0.4 is 0 Å². The zero-order chi connectivity index (χ0) is 29.0. The van der Waals surface area contributed by atoms with Crippen molar-refractivity contribution >= 4 is 10.9 Å². The quantitative estimate of drug-likeness (QED) is 0.166. The van der Waals surface area contributed by atoms with E-state index in [9.17, 15) is 0 Å². The van der Waals surface area contributed by atoms with Gasteiger partial charge in [-0.05, 0) is 39.8 Å². The van der Waals surface area contributed by atoms with Crippen LogP contribution in [0.5, 0.6) is 0 Å². The molecule has 7 aromatic rings. The zero-order valence-corrected chi connectivity index (χ0v) is 28.8. The van der Waals surface area contributed by atoms with Gasteiger partial charge in [-0.15, -0.1) is 29.3 Å². The molecule has 206 valence electrons. The van der Waals surface area contributed by atoms with Gasteiger partial charge >= 0.3 is 31.1 Å². The van der Waals surface area contributed by atoms with Crippen LogP contribution in [0.2, 0.25) is 0 Å². The Labute approximate surface area is 282 Å². The maximum atomic E-state index is 5.19. The third kappa shape index (κ3) is 4.73. The Bertz CT molecular complexity index is 2150. The van der Waals surface area contributed by atoms with Crippen LogP contribution in [-0.4, -0.2) is 9.97 Å². The minimum atomic E-state index is -0.140. The fourth-order valence-electron chi connectivity index (χ4n) is 6.60. The van der Waals surface area contributed by atoms with Crippen LogP contribution in [0.4, 0.5) is 0 Å². The number of fused-ring (bicyclic) bond motifs is 4. The van der Waals surface area contributed by atoms with Gasteiger partial charge in [-0.25, -0.2) is 5.56 Å². The summed E-state index contributed by atoms with van der Waals surface area (Å²) in [7, 11) is 0. The molecular weight excluding hydrogens is 758 g/mol. The van der Waals surface area contributed by atoms with Gasteiger partial charge in [0, 0.05) is 10.9 Å². The SMILES string of the molecule is CC1(C)c2ccccc2-c2cc[c-]c(-c3[c-]c(-c4nc(-c5ccccc5)c5cc(-c6ccccc6)ccc5n4)ccc3)c21.[U+2]. The van der Waals surface area contributed by atoms with E-state index in [1.54, 1.807) is 0 Å². The van der Waals surface area contributed by atoms with Crippen LogP contribution in [0.3, 0.4) is 0 Å². The Morgan fingerprint density at radius 1 is 0.591 bits per heavy atom. The van der Waals surface area contributed by atoms with E-state index in [-0.39, 0.29) is 36.5 Å². The van der Waals surface area contributed by atoms with E-state index >= 15 is 0 Å². The molecule has 0 radical (unpaired) electrons. The van der Waals surface area contributed by atoms with Gasteiger partial charge in [-0.1, -0.05) is 110 Å². The first-order valence-electron chi connectivity index (χ1n) is 14.7. The fraction of sp³-hybridized carbons (Fsp3) is 0.0732. The predicted molar refractivity (Wildman–Crippen MR) is 177 cm³/mol. The summed E-state index contributed by atoms with van der Waals surface area (Å²) in [5.74, 6) is 0.663. The van der Waals surface area contributed by atoms with Crippen LogP contribution in [0, 0.1) is 43.2 Å². The normalized spacial score (nSPS) is 12.8. The van der Waals surface area contributed by atoms with E-state index in [0.717, 1.165) is 44.4 Å². The molecule has 0 fully saturated rings. The predicted octanol–water partition coefficient (Wildman–Crippen LogP) is 10.2. The molecule has 0 saturated carbocycles. The second kappa shape index (κ2) is 11.3. The second-order valence-corrected chi connectivity index (χ2v) is 11.6. The van der Waals surface area contributed by atoms with Gasteiger partial charge in [-0.2, -0.15) is 29.8 Å². The molecular formula is C41H28N2U. The maximum absolute atomic E-state index is 5.19. The number of hydrogen-bond donors (Lipinski definition) is 0. The summed E-state index contributed by atoms with van der Waals surface area (Å²) in [6.07, 6.45) is 0. The molecule has 2 nitrogen and oxygen atoms in total. The van der Waals surface area contributed by atoms with Gasteiger partial charge < -0.3 is 0 Å². The number of rotatable bonds is 4. The topological polar surface area (TPSA) is 25.8 Å². The van der Waals surface area contributed by atoms with Gasteiger partial charge in [0.15, 0.2) is 0 Å². The third-order valence-electron chi connectivity index (χ3n) is 8.67. The van der Waals surface area contributed by atoms with Crippen LogP contribution >= 0.6 is 0 Å². The Kier molecular flexibility index (Phi) is 7.33. The van der Waals surface area contributed by atoms with Crippen LogP contribution in [-0.2, 0) is 5.41 Å². The van der Waals surface area contributed by atoms with E-state index in [1.165, 1.54) is 27.8 Å². The Hall–Kier alpha value is -4.29. The van der Waals surface area contributed by atoms with Crippen molar-refractivity contribution in [1.29, 1.82) is 0 Å². The van der Waals surface area contributed by atoms with Crippen molar-refractivity contribution in [3.63, 3.8) is 0 Å². The molecule has 0 spiro atoms. The molecule has 0 saturated heterocycles. The summed E-state index contributed by atoms with van der Waals surface area (Å²) in [6, 6.07) is 53.8. The molecule has 1 aromatic heterocycles. The smallest absolute Gasteiger partial charge is 0.267 e. The Morgan fingerprint density at radius 3 is 2.09 bits per heavy atom. The van der Waals surface area contributed by atoms with E-state index in [4.69, 9.17) is 9.97 Å². The first-order chi connectivity index (χ1) is 21.1. The Morgan fingerprint density at radius 2 is 1.30 bits per heavy atom. The first kappa shape index (κ1) is 28.5. The molecule has 1 heterocycles. The molecule has 44 heavy (non-hydrogen) atoms. The average molecular weight is 787 g/mol. The number of nitrogens with zero attached hydrogens (tertiary/aromatic N) is 2. The minimum absolute atomic E-state index is 0. The summed E-state index contributed by atoms with van der Waals surface area (Å²) in [6.45, 7) is 4.61. The molecule has 0 amide bonds. The summed E-state index contributed by atoms with van der Waals surface area (Å²) in [4.78, 5) is 10.3. The van der Waals surface area contributed by atoms with Crippen molar-refractivity contribution in [1.82, 2.24) is 9.97 Å². The standard InChI is InChI=1S/C41H28N2.U/c1-41(2)36-22-10-9-19-33(36)34-21-12-20-32(38(34)41)30-17-11-18-31(25-30)40-42-37-24-23-29(27-13-5-3-6-14-27)26-35(37)39(43-40)28-15-7-4-8-16-28;/h3-19,21-24,26H,1-2H3;/q-2;+2. The molecule has 6 aromatic carbocycles. The van der Waals surface area contributed by atoms with Gasteiger partial charge in [-0.3, -0.25) is 9.97 Å². The van der Waals surface area contributed by atoms with E-state index in [2.05, 4.69) is 141 Å². The van der Waals surface area contributed by atoms with Gasteiger partial charge in [0.1, 0.15) is 0 Å². The van der Waals surface area contributed by atoms with Crippen LogP contribution in [0.15, 0.2) is 133 Å². The molecule has 1 aliphatic carbocycles. The van der Waals surface area contributed by atoms with Crippen molar-refractivity contribution in [2.45, 2.75) is 19.3 Å². The average Bonchev–Trinajstić information content (AvgIpc) is 3.31. The molecule has 0 bridgehead atoms. The van der Waals surface area contributed by atoms with Crippen molar-refractivity contribution in [3.05, 3.63) is 157 Å². The van der Waals surface area contributed by atoms with E-state index in [0.29, 0.717) is 5.82 Å². The number of aromatic nitrogens is 2. The summed E-state index contributed by atoms with van der Waals surface area (Å²) >= 11 is 0. The monoisotopic (exact) mass is 786 g/mol. The van der Waals surface area contributed by atoms with Gasteiger partial charge in [0.25, 0.3) is 0 Å². The van der Waals surface area contributed by atoms with Crippen molar-refractivity contribution < 1.29 is 31.1 Å². The molecule has 0 N–H and O–H groups in total. The summed E-state index contributed by atoms with van der Waals surface area (Å²) in [5, 5.41) is 1.03. The molecule has 0 unspecified atom stereocenters. The second-order valence-electron chi connectivity index (χ2n) is 11.6. The summed E-state index contributed by atoms with van der Waals surface area (Å²) in [5.41, 5.74) is 13.2. The maximum Gasteiger partial charge on any atom is 2.00 e. The largest absolute Gasteiger partial charge is 2.00 e. The van der Waals surface area contributed by atoms with Crippen LogP contribution in [0.1, 0.15) is 25.0 Å². The zero-order valence-electron chi connectivity index (χ0n) is 24.6. The van der Waals surface area contributed by atoms with Crippen molar-refractivity contribution in [2.75, 3.05) is 0 Å². The first-order valence-corrected chi connectivity index (χ1v) is 14.7. The summed E-state index contributed by atoms with van der Waals surface area (Å²) < 4.78 is 0. The molecule has 3 heteroatoms. The van der Waals surface area contributed by atoms with E-state index < -0.39 is 0 Å². The minimum Gasteiger partial charge on any atom is -0.267 e. The molecule has 0 atom stereocenters. The number of hydrogen-bond acceptors (Lipinski definition) is 2. The third-order valence-corrected chi connectivity index (χ3v) is 8.67. The van der Waals surface area contributed by atoms with Gasteiger partial charge in [0.2, 0.25) is 0 Å². The van der Waals surface area contributed by atoms with Crippen molar-refractivity contribution in [2.24, 2.45) is 0 Å². The number of benzene rings is 6.